The highest BCUT2D eigenvalue weighted by Crippen LogP contribution is 2.61. The van der Waals surface area contributed by atoms with Gasteiger partial charge in [0.2, 0.25) is 11.8 Å². The average molecular weight is 447 g/mol. The van der Waals surface area contributed by atoms with E-state index in [1.807, 2.05) is 54.6 Å². The van der Waals surface area contributed by atoms with E-state index in [4.69, 9.17) is 4.74 Å². The summed E-state index contributed by atoms with van der Waals surface area (Å²) in [7, 11) is 0. The molecule has 4 aliphatic carbocycles. The molecule has 6 rings (SSSR count). The minimum atomic E-state index is -0.149. The molecule has 174 valence electrons. The molecule has 33 heavy (non-hydrogen) atoms. The molecule has 4 saturated carbocycles. The molecule has 0 heterocycles. The van der Waals surface area contributed by atoms with Crippen molar-refractivity contribution < 1.29 is 14.3 Å². The monoisotopic (exact) mass is 446 g/mol. The number of hydrogen-bond acceptors (Lipinski definition) is 3. The van der Waals surface area contributed by atoms with E-state index in [1.54, 1.807) is 0 Å². The number of hydrogen-bond donors (Lipinski definition) is 2. The molecule has 2 aromatic rings. The van der Waals surface area contributed by atoms with E-state index in [9.17, 15) is 9.59 Å². The number of ether oxygens (including phenoxy) is 1. The second kappa shape index (κ2) is 9.20. The second-order valence-electron chi connectivity index (χ2n) is 10.6. The van der Waals surface area contributed by atoms with E-state index in [0.29, 0.717) is 11.4 Å². The lowest BCUT2D eigenvalue weighted by Crippen LogP contribution is -2.55. The molecular formula is C28H34N2O3. The second-order valence-corrected chi connectivity index (χ2v) is 10.6. The van der Waals surface area contributed by atoms with Gasteiger partial charge in [-0.05, 0) is 105 Å². The van der Waals surface area contributed by atoms with E-state index < -0.39 is 0 Å². The van der Waals surface area contributed by atoms with Crippen LogP contribution >= 0.6 is 0 Å². The van der Waals surface area contributed by atoms with Gasteiger partial charge in [0.05, 0.1) is 0 Å². The Morgan fingerprint density at radius 3 is 2.00 bits per heavy atom. The zero-order chi connectivity index (χ0) is 22.8. The molecule has 2 N–H and O–H groups in total. The quantitative estimate of drug-likeness (QED) is 0.529. The minimum absolute atomic E-state index is 0.0139. The van der Waals surface area contributed by atoms with Gasteiger partial charge in [0.25, 0.3) is 0 Å². The number of amides is 2. The van der Waals surface area contributed by atoms with Crippen LogP contribution < -0.4 is 15.4 Å². The summed E-state index contributed by atoms with van der Waals surface area (Å²) in [5.41, 5.74) is 0.985. The van der Waals surface area contributed by atoms with Gasteiger partial charge in [0.15, 0.2) is 0 Å². The Kier molecular flexibility index (Phi) is 6.13. The van der Waals surface area contributed by atoms with Crippen LogP contribution in [-0.4, -0.2) is 17.9 Å². The van der Waals surface area contributed by atoms with Gasteiger partial charge >= 0.3 is 0 Å². The van der Waals surface area contributed by atoms with Crippen molar-refractivity contribution in [3.63, 3.8) is 0 Å². The Balaban J connectivity index is 1.07. The predicted molar refractivity (Wildman–Crippen MR) is 129 cm³/mol. The molecule has 0 spiro atoms. The van der Waals surface area contributed by atoms with E-state index >= 15 is 0 Å². The SMILES string of the molecule is CC(NC(=O)CCC(=O)Nc1ccc(Oc2ccccc2)cc1)C12CC3CC(CC(C3)C1)C2. The van der Waals surface area contributed by atoms with Gasteiger partial charge in [0.1, 0.15) is 11.5 Å². The first-order valence-electron chi connectivity index (χ1n) is 12.4. The van der Waals surface area contributed by atoms with E-state index in [-0.39, 0.29) is 36.1 Å². The standard InChI is InChI=1S/C28H34N2O3/c1-19(28-16-20-13-21(17-28)15-22(14-20)18-28)29-26(31)11-12-27(32)30-23-7-9-25(10-8-23)33-24-5-3-2-4-6-24/h2-10,19-22H,11-18H2,1H3,(H,29,31)(H,30,32). The number of carbonyl (C=O) groups excluding carboxylic acids is 2. The van der Waals surface area contributed by atoms with Crippen molar-refractivity contribution >= 4 is 17.5 Å². The maximum Gasteiger partial charge on any atom is 0.224 e. The molecule has 2 amide bonds. The molecule has 5 nitrogen and oxygen atoms in total. The Hall–Kier alpha value is -2.82. The van der Waals surface area contributed by atoms with Gasteiger partial charge in [0, 0.05) is 24.6 Å². The number of nitrogens with one attached hydrogen (secondary N) is 2. The van der Waals surface area contributed by atoms with Crippen molar-refractivity contribution in [3.8, 4) is 11.5 Å². The molecule has 0 saturated heterocycles. The van der Waals surface area contributed by atoms with E-state index in [1.165, 1.54) is 38.5 Å². The van der Waals surface area contributed by atoms with Crippen molar-refractivity contribution in [3.05, 3.63) is 54.6 Å². The third kappa shape index (κ3) is 5.07. The van der Waals surface area contributed by atoms with Gasteiger partial charge in [-0.25, -0.2) is 0 Å². The average Bonchev–Trinajstić information content (AvgIpc) is 2.79. The summed E-state index contributed by atoms with van der Waals surface area (Å²) in [6.07, 6.45) is 8.42. The number of anilines is 1. The number of rotatable bonds is 8. The van der Waals surface area contributed by atoms with Gasteiger partial charge < -0.3 is 15.4 Å². The maximum absolute atomic E-state index is 12.6. The van der Waals surface area contributed by atoms with Crippen LogP contribution in [0, 0.1) is 23.2 Å². The Morgan fingerprint density at radius 2 is 1.39 bits per heavy atom. The summed E-state index contributed by atoms with van der Waals surface area (Å²) in [5, 5.41) is 6.13. The number of para-hydroxylation sites is 1. The minimum Gasteiger partial charge on any atom is -0.457 e. The normalized spacial score (nSPS) is 28.2. The maximum atomic E-state index is 12.6. The molecule has 0 radical (unpaired) electrons. The van der Waals surface area contributed by atoms with Crippen LogP contribution in [-0.2, 0) is 9.59 Å². The van der Waals surface area contributed by atoms with Gasteiger partial charge in [-0.2, -0.15) is 0 Å². The molecule has 4 aliphatic rings. The summed E-state index contributed by atoms with van der Waals surface area (Å²) in [6, 6.07) is 17.0. The highest BCUT2D eigenvalue weighted by Gasteiger charge is 2.53. The first-order valence-corrected chi connectivity index (χ1v) is 12.4. The predicted octanol–water partition coefficient (Wildman–Crippen LogP) is 5.92. The van der Waals surface area contributed by atoms with Crippen LogP contribution in [0.5, 0.6) is 11.5 Å². The largest absolute Gasteiger partial charge is 0.457 e. The topological polar surface area (TPSA) is 67.4 Å². The molecule has 1 unspecified atom stereocenters. The van der Waals surface area contributed by atoms with Gasteiger partial charge in [-0.3, -0.25) is 9.59 Å². The van der Waals surface area contributed by atoms with E-state index in [0.717, 1.165) is 23.5 Å². The molecule has 2 aromatic carbocycles. The summed E-state index contributed by atoms with van der Waals surface area (Å²) in [6.45, 7) is 2.18. The Labute approximate surface area is 196 Å². The molecule has 4 fully saturated rings. The van der Waals surface area contributed by atoms with E-state index in [2.05, 4.69) is 17.6 Å². The molecule has 0 aromatic heterocycles. The molecule has 4 bridgehead atoms. The summed E-state index contributed by atoms with van der Waals surface area (Å²) in [5.74, 6) is 3.91. The van der Waals surface area contributed by atoms with Crippen LogP contribution in [0.2, 0.25) is 0 Å². The third-order valence-electron chi connectivity index (χ3n) is 8.08. The van der Waals surface area contributed by atoms with Crippen molar-refractivity contribution in [1.29, 1.82) is 0 Å². The zero-order valence-corrected chi connectivity index (χ0v) is 19.4. The summed E-state index contributed by atoms with van der Waals surface area (Å²) < 4.78 is 5.78. The molecule has 1 atom stereocenters. The fourth-order valence-corrected chi connectivity index (χ4v) is 6.86. The molecule has 5 heteroatoms. The highest BCUT2D eigenvalue weighted by atomic mass is 16.5. The lowest BCUT2D eigenvalue weighted by molar-refractivity contribution is -0.128. The van der Waals surface area contributed by atoms with Crippen molar-refractivity contribution in [1.82, 2.24) is 5.32 Å². The first kappa shape index (κ1) is 22.0. The Morgan fingerprint density at radius 1 is 0.848 bits per heavy atom. The Bertz CT molecular complexity index is 951. The molecular weight excluding hydrogens is 412 g/mol. The number of benzene rings is 2. The smallest absolute Gasteiger partial charge is 0.224 e. The van der Waals surface area contributed by atoms with Crippen LogP contribution in [0.4, 0.5) is 5.69 Å². The van der Waals surface area contributed by atoms with Crippen LogP contribution in [0.1, 0.15) is 58.3 Å². The van der Waals surface area contributed by atoms with Gasteiger partial charge in [-0.1, -0.05) is 18.2 Å². The van der Waals surface area contributed by atoms with Gasteiger partial charge in [-0.15, -0.1) is 0 Å². The lowest BCUT2D eigenvalue weighted by Gasteiger charge is -2.59. The number of carbonyl (C=O) groups is 2. The summed E-state index contributed by atoms with van der Waals surface area (Å²) in [4.78, 5) is 25.0. The van der Waals surface area contributed by atoms with Crippen molar-refractivity contribution in [2.45, 2.75) is 64.3 Å². The van der Waals surface area contributed by atoms with Crippen LogP contribution in [0.3, 0.4) is 0 Å². The third-order valence-corrected chi connectivity index (χ3v) is 8.08. The zero-order valence-electron chi connectivity index (χ0n) is 19.4. The molecule has 0 aliphatic heterocycles. The summed E-state index contributed by atoms with van der Waals surface area (Å²) >= 11 is 0. The van der Waals surface area contributed by atoms with Crippen molar-refractivity contribution in [2.75, 3.05) is 5.32 Å². The van der Waals surface area contributed by atoms with Crippen LogP contribution in [0.25, 0.3) is 0 Å². The van der Waals surface area contributed by atoms with Crippen molar-refractivity contribution in [2.24, 2.45) is 23.2 Å². The lowest BCUT2D eigenvalue weighted by atomic mass is 9.48. The van der Waals surface area contributed by atoms with Crippen LogP contribution in [0.15, 0.2) is 54.6 Å². The fourth-order valence-electron chi connectivity index (χ4n) is 6.86. The first-order chi connectivity index (χ1) is 16.0. The fraction of sp³-hybridized carbons (Fsp3) is 0.500. The highest BCUT2D eigenvalue weighted by molar-refractivity contribution is 5.93.